The van der Waals surface area contributed by atoms with E-state index in [2.05, 4.69) is 31.2 Å². The molecule has 18 heavy (non-hydrogen) atoms. The summed E-state index contributed by atoms with van der Waals surface area (Å²) in [7, 11) is 2.01. The molecule has 2 fully saturated rings. The summed E-state index contributed by atoms with van der Waals surface area (Å²) >= 11 is 3.43. The number of rotatable bonds is 4. The summed E-state index contributed by atoms with van der Waals surface area (Å²) in [5.41, 5.74) is 0.872. The van der Waals surface area contributed by atoms with Crippen LogP contribution in [0, 0.1) is 5.92 Å². The lowest BCUT2D eigenvalue weighted by molar-refractivity contribution is 0.427. The predicted molar refractivity (Wildman–Crippen MR) is 74.0 cm³/mol. The van der Waals surface area contributed by atoms with Crippen LogP contribution in [0.5, 0.6) is 0 Å². The van der Waals surface area contributed by atoms with Crippen molar-refractivity contribution in [2.45, 2.75) is 25.4 Å². The minimum Gasteiger partial charge on any atom is -0.367 e. The molecule has 1 saturated carbocycles. The zero-order valence-electron chi connectivity index (χ0n) is 10.4. The summed E-state index contributed by atoms with van der Waals surface area (Å²) in [5.74, 6) is 0.654. The molecule has 2 aliphatic rings. The molecule has 2 heterocycles. The van der Waals surface area contributed by atoms with E-state index in [4.69, 9.17) is 0 Å². The van der Waals surface area contributed by atoms with Crippen LogP contribution in [0.1, 0.15) is 12.8 Å². The number of nitrogens with zero attached hydrogens (tertiary/aromatic N) is 3. The van der Waals surface area contributed by atoms with E-state index < -0.39 is 0 Å². The van der Waals surface area contributed by atoms with Gasteiger partial charge in [-0.05, 0) is 34.7 Å². The van der Waals surface area contributed by atoms with Gasteiger partial charge < -0.3 is 10.2 Å². The van der Waals surface area contributed by atoms with Gasteiger partial charge in [0.1, 0.15) is 4.47 Å². The molecule has 3 rings (SSSR count). The molecule has 0 spiro atoms. The minimum absolute atomic E-state index is 0.0152. The van der Waals surface area contributed by atoms with Crippen LogP contribution in [0.2, 0.25) is 0 Å². The first kappa shape index (κ1) is 12.2. The number of hydrogen-bond donors (Lipinski definition) is 1. The van der Waals surface area contributed by atoms with Crippen LogP contribution < -0.4 is 15.8 Å². The van der Waals surface area contributed by atoms with Crippen molar-refractivity contribution in [2.75, 3.05) is 25.0 Å². The lowest BCUT2D eigenvalue weighted by atomic mass is 10.1. The molecular formula is C12H17BrN4O. The zero-order valence-corrected chi connectivity index (χ0v) is 12.0. The summed E-state index contributed by atoms with van der Waals surface area (Å²) in [4.78, 5) is 14.3. The summed E-state index contributed by atoms with van der Waals surface area (Å²) in [6, 6.07) is 0.460. The molecule has 1 aromatic heterocycles. The molecule has 0 radical (unpaired) electrons. The van der Waals surface area contributed by atoms with Gasteiger partial charge in [-0.25, -0.2) is 4.68 Å². The quantitative estimate of drug-likeness (QED) is 0.894. The van der Waals surface area contributed by atoms with Crippen molar-refractivity contribution in [3.05, 3.63) is 21.0 Å². The molecule has 1 aromatic rings. The Morgan fingerprint density at radius 2 is 2.28 bits per heavy atom. The summed E-state index contributed by atoms with van der Waals surface area (Å²) in [5, 5.41) is 7.52. The Kier molecular flexibility index (Phi) is 3.15. The van der Waals surface area contributed by atoms with Crippen LogP contribution >= 0.6 is 15.9 Å². The number of anilines is 1. The molecule has 0 bridgehead atoms. The Morgan fingerprint density at radius 1 is 1.56 bits per heavy atom. The summed E-state index contributed by atoms with van der Waals surface area (Å²) < 4.78 is 2.21. The predicted octanol–water partition coefficient (Wildman–Crippen LogP) is 0.824. The first-order valence-electron chi connectivity index (χ1n) is 6.36. The SMILES string of the molecule is CN(c1cnn(CC2CC2)c(=O)c1Br)C1CNC1. The molecule has 1 saturated heterocycles. The average molecular weight is 313 g/mol. The van der Waals surface area contributed by atoms with Crippen LogP contribution in [0.4, 0.5) is 5.69 Å². The van der Waals surface area contributed by atoms with E-state index in [1.807, 2.05) is 7.05 Å². The van der Waals surface area contributed by atoms with Crippen molar-refractivity contribution < 1.29 is 0 Å². The van der Waals surface area contributed by atoms with Gasteiger partial charge in [-0.2, -0.15) is 5.10 Å². The minimum atomic E-state index is -0.0152. The van der Waals surface area contributed by atoms with Crippen LogP contribution in [0.15, 0.2) is 15.5 Å². The third-order valence-electron chi connectivity index (χ3n) is 3.78. The van der Waals surface area contributed by atoms with Gasteiger partial charge in [0.05, 0.1) is 17.9 Å². The fraction of sp³-hybridized carbons (Fsp3) is 0.667. The smallest absolute Gasteiger partial charge is 0.283 e. The van der Waals surface area contributed by atoms with E-state index in [1.165, 1.54) is 12.8 Å². The van der Waals surface area contributed by atoms with E-state index in [-0.39, 0.29) is 5.56 Å². The van der Waals surface area contributed by atoms with E-state index in [1.54, 1.807) is 10.9 Å². The molecule has 5 nitrogen and oxygen atoms in total. The van der Waals surface area contributed by atoms with Crippen LogP contribution in [0.25, 0.3) is 0 Å². The van der Waals surface area contributed by atoms with Crippen molar-refractivity contribution in [1.82, 2.24) is 15.1 Å². The van der Waals surface area contributed by atoms with Crippen molar-refractivity contribution in [3.63, 3.8) is 0 Å². The molecule has 0 atom stereocenters. The molecule has 1 N–H and O–H groups in total. The lowest BCUT2D eigenvalue weighted by Crippen LogP contribution is -2.56. The number of likely N-dealkylation sites (N-methyl/N-ethyl adjacent to an activating group) is 1. The fourth-order valence-electron chi connectivity index (χ4n) is 2.12. The second-order valence-corrected chi connectivity index (χ2v) is 5.99. The van der Waals surface area contributed by atoms with E-state index in [0.29, 0.717) is 16.4 Å². The van der Waals surface area contributed by atoms with Crippen LogP contribution in [-0.4, -0.2) is 36.0 Å². The third kappa shape index (κ3) is 2.19. The second-order valence-electron chi connectivity index (χ2n) is 5.20. The second kappa shape index (κ2) is 4.66. The highest BCUT2D eigenvalue weighted by Crippen LogP contribution is 2.30. The number of hydrogen-bond acceptors (Lipinski definition) is 4. The van der Waals surface area contributed by atoms with E-state index >= 15 is 0 Å². The Bertz CT molecular complexity index is 507. The van der Waals surface area contributed by atoms with E-state index in [0.717, 1.165) is 25.3 Å². The molecule has 1 aliphatic carbocycles. The van der Waals surface area contributed by atoms with Crippen molar-refractivity contribution in [3.8, 4) is 0 Å². The maximum absolute atomic E-state index is 12.2. The van der Waals surface area contributed by atoms with Gasteiger partial charge in [0.25, 0.3) is 5.56 Å². The molecule has 0 aromatic carbocycles. The third-order valence-corrected chi connectivity index (χ3v) is 4.53. The maximum atomic E-state index is 12.2. The fourth-order valence-corrected chi connectivity index (χ4v) is 2.71. The topological polar surface area (TPSA) is 50.2 Å². The van der Waals surface area contributed by atoms with Crippen LogP contribution in [0.3, 0.4) is 0 Å². The normalized spacial score (nSPS) is 19.7. The van der Waals surface area contributed by atoms with Gasteiger partial charge >= 0.3 is 0 Å². The lowest BCUT2D eigenvalue weighted by Gasteiger charge is -2.37. The van der Waals surface area contributed by atoms with Crippen molar-refractivity contribution in [2.24, 2.45) is 5.92 Å². The van der Waals surface area contributed by atoms with Gasteiger partial charge in [0.15, 0.2) is 0 Å². The van der Waals surface area contributed by atoms with Crippen LogP contribution in [-0.2, 0) is 6.54 Å². The number of aromatic nitrogens is 2. The molecular weight excluding hydrogens is 296 g/mol. The maximum Gasteiger partial charge on any atom is 0.283 e. The van der Waals surface area contributed by atoms with Crippen molar-refractivity contribution in [1.29, 1.82) is 0 Å². The highest BCUT2D eigenvalue weighted by molar-refractivity contribution is 9.10. The number of nitrogens with one attached hydrogen (secondary N) is 1. The van der Waals surface area contributed by atoms with Gasteiger partial charge in [-0.1, -0.05) is 0 Å². The summed E-state index contributed by atoms with van der Waals surface area (Å²) in [6.07, 6.45) is 4.24. The molecule has 0 amide bonds. The Hall–Kier alpha value is -0.880. The largest absolute Gasteiger partial charge is 0.367 e. The highest BCUT2D eigenvalue weighted by Gasteiger charge is 2.26. The Balaban J connectivity index is 1.86. The first-order valence-corrected chi connectivity index (χ1v) is 7.15. The summed E-state index contributed by atoms with van der Waals surface area (Å²) in [6.45, 7) is 2.69. The number of halogens is 1. The molecule has 1 aliphatic heterocycles. The molecule has 0 unspecified atom stereocenters. The monoisotopic (exact) mass is 312 g/mol. The van der Waals surface area contributed by atoms with Gasteiger partial charge in [-0.3, -0.25) is 4.79 Å². The van der Waals surface area contributed by atoms with Crippen molar-refractivity contribution >= 4 is 21.6 Å². The van der Waals surface area contributed by atoms with Gasteiger partial charge in [0, 0.05) is 26.7 Å². The van der Waals surface area contributed by atoms with Gasteiger partial charge in [-0.15, -0.1) is 0 Å². The molecule has 6 heteroatoms. The Morgan fingerprint density at radius 3 is 2.83 bits per heavy atom. The zero-order chi connectivity index (χ0) is 12.7. The average Bonchev–Trinajstić information content (AvgIpc) is 3.06. The Labute approximate surface area is 114 Å². The molecule has 98 valence electrons. The first-order chi connectivity index (χ1) is 8.66. The highest BCUT2D eigenvalue weighted by atomic mass is 79.9. The standard InChI is InChI=1S/C12H17BrN4O/c1-16(9-4-14-5-9)10-6-15-17(7-8-2-3-8)12(18)11(10)13/h6,8-9,14H,2-5,7H2,1H3. The van der Waals surface area contributed by atoms with E-state index in [9.17, 15) is 4.79 Å². The van der Waals surface area contributed by atoms with Gasteiger partial charge in [0.2, 0.25) is 0 Å².